The number of halogens is 4. The summed E-state index contributed by atoms with van der Waals surface area (Å²) in [6.07, 6.45) is 0. The van der Waals surface area contributed by atoms with Gasteiger partial charge in [0.1, 0.15) is 11.5 Å². The molecule has 2 N–H and O–H groups in total. The van der Waals surface area contributed by atoms with Crippen LogP contribution >= 0.6 is 63.7 Å². The summed E-state index contributed by atoms with van der Waals surface area (Å²) in [5.41, 5.74) is 0. The summed E-state index contributed by atoms with van der Waals surface area (Å²) in [5, 5.41) is 21.1. The molecule has 0 unspecified atom stereocenters. The van der Waals surface area contributed by atoms with Gasteiger partial charge in [0, 0.05) is 10.8 Å². The van der Waals surface area contributed by atoms with E-state index in [1.54, 1.807) is 12.1 Å². The van der Waals surface area contributed by atoms with Gasteiger partial charge in [-0.2, -0.15) is 0 Å². The van der Waals surface area contributed by atoms with E-state index in [9.17, 15) is 10.2 Å². The van der Waals surface area contributed by atoms with Gasteiger partial charge in [0.05, 0.1) is 17.9 Å². The average Bonchev–Trinajstić information content (AvgIpc) is 2.25. The molecule has 0 saturated carbocycles. The highest BCUT2D eigenvalue weighted by Gasteiger charge is 2.15. The highest BCUT2D eigenvalue weighted by atomic mass is 79.9. The van der Waals surface area contributed by atoms with Crippen LogP contribution in [0.1, 0.15) is 0 Å². The van der Waals surface area contributed by atoms with E-state index in [4.69, 9.17) is 0 Å². The van der Waals surface area contributed by atoms with Crippen LogP contribution in [0.25, 0.3) is 10.8 Å². The molecule has 0 atom stereocenters. The van der Waals surface area contributed by atoms with Crippen LogP contribution in [0, 0.1) is 0 Å². The van der Waals surface area contributed by atoms with Crippen molar-refractivity contribution < 1.29 is 10.2 Å². The van der Waals surface area contributed by atoms with E-state index in [0.717, 1.165) is 10.8 Å². The highest BCUT2D eigenvalue weighted by Crippen LogP contribution is 2.45. The lowest BCUT2D eigenvalue weighted by molar-refractivity contribution is 0.467. The Morgan fingerprint density at radius 2 is 1.00 bits per heavy atom. The lowest BCUT2D eigenvalue weighted by atomic mass is 10.1. The molecule has 2 rings (SSSR count). The Labute approximate surface area is 125 Å². The fraction of sp³-hybridized carbons (Fsp3) is 0. The number of hydrogen-bond donors (Lipinski definition) is 2. The largest absolute Gasteiger partial charge is 0.506 e. The molecule has 2 nitrogen and oxygen atoms in total. The van der Waals surface area contributed by atoms with Crippen LogP contribution in [0.3, 0.4) is 0 Å². The van der Waals surface area contributed by atoms with E-state index in [0.29, 0.717) is 17.9 Å². The van der Waals surface area contributed by atoms with Crippen LogP contribution in [-0.4, -0.2) is 10.2 Å². The van der Waals surface area contributed by atoms with Gasteiger partial charge in [-0.25, -0.2) is 0 Å². The third kappa shape index (κ3) is 1.89. The molecule has 2 aromatic rings. The molecule has 0 spiro atoms. The summed E-state index contributed by atoms with van der Waals surface area (Å²) < 4.78 is 2.29. The Kier molecular flexibility index (Phi) is 3.55. The molecule has 84 valence electrons. The molecule has 0 aromatic heterocycles. The Morgan fingerprint density at radius 3 is 1.31 bits per heavy atom. The fourth-order valence-electron chi connectivity index (χ4n) is 1.37. The molecule has 6 heteroatoms. The summed E-state index contributed by atoms with van der Waals surface area (Å²) in [5.74, 6) is 0.272. The van der Waals surface area contributed by atoms with Gasteiger partial charge in [0.15, 0.2) is 0 Å². The molecule has 0 saturated heterocycles. The van der Waals surface area contributed by atoms with Gasteiger partial charge >= 0.3 is 0 Å². The first-order chi connectivity index (χ1) is 7.43. The second-order valence-electron chi connectivity index (χ2n) is 3.14. The van der Waals surface area contributed by atoms with E-state index in [-0.39, 0.29) is 11.5 Å². The Hall–Kier alpha value is 0.220. The van der Waals surface area contributed by atoms with Crippen LogP contribution in [0.2, 0.25) is 0 Å². The first-order valence-corrected chi connectivity index (χ1v) is 7.28. The van der Waals surface area contributed by atoms with Crippen molar-refractivity contribution in [3.63, 3.8) is 0 Å². The number of rotatable bonds is 0. The second-order valence-corrected chi connectivity index (χ2v) is 6.43. The third-order valence-electron chi connectivity index (χ3n) is 2.17. The summed E-state index contributed by atoms with van der Waals surface area (Å²) in [6.45, 7) is 0. The van der Waals surface area contributed by atoms with Gasteiger partial charge in [-0.05, 0) is 75.9 Å². The first kappa shape index (κ1) is 12.7. The first-order valence-electron chi connectivity index (χ1n) is 4.11. The minimum Gasteiger partial charge on any atom is -0.506 e. The molecule has 0 aliphatic rings. The van der Waals surface area contributed by atoms with Crippen molar-refractivity contribution >= 4 is 74.5 Å². The highest BCUT2D eigenvalue weighted by molar-refractivity contribution is 9.11. The zero-order valence-electron chi connectivity index (χ0n) is 7.56. The number of phenols is 2. The van der Waals surface area contributed by atoms with Gasteiger partial charge in [-0.3, -0.25) is 0 Å². The smallest absolute Gasteiger partial charge is 0.144 e. The zero-order chi connectivity index (χ0) is 12.0. The van der Waals surface area contributed by atoms with Crippen molar-refractivity contribution in [1.82, 2.24) is 0 Å². The van der Waals surface area contributed by atoms with Crippen LogP contribution in [0.15, 0.2) is 30.0 Å². The van der Waals surface area contributed by atoms with Gasteiger partial charge < -0.3 is 10.2 Å². The number of benzene rings is 2. The zero-order valence-corrected chi connectivity index (χ0v) is 13.9. The van der Waals surface area contributed by atoms with E-state index >= 15 is 0 Å². The third-order valence-corrected chi connectivity index (χ3v) is 4.99. The molecular formula is C10H4Br4O2. The summed E-state index contributed by atoms with van der Waals surface area (Å²) in [6, 6.07) is 3.48. The van der Waals surface area contributed by atoms with Crippen molar-refractivity contribution in [2.75, 3.05) is 0 Å². The van der Waals surface area contributed by atoms with Crippen molar-refractivity contribution in [3.05, 3.63) is 30.0 Å². The van der Waals surface area contributed by atoms with Gasteiger partial charge in [-0.15, -0.1) is 0 Å². The Bertz CT molecular complexity index is 542. The van der Waals surface area contributed by atoms with Crippen LogP contribution in [0.5, 0.6) is 11.5 Å². The van der Waals surface area contributed by atoms with Crippen molar-refractivity contribution in [2.24, 2.45) is 0 Å². The average molecular weight is 476 g/mol. The standard InChI is InChI=1S/C10H4Br4O2/c11-5-1-3-4(8(14)9(5)15)2-6(12)10(16)7(3)13/h1-2,15-16H. The van der Waals surface area contributed by atoms with E-state index in [1.165, 1.54) is 0 Å². The number of phenolic OH excluding ortho intramolecular Hbond substituents is 2. The van der Waals surface area contributed by atoms with Gasteiger partial charge in [-0.1, -0.05) is 0 Å². The molecular weight excluding hydrogens is 472 g/mol. The molecule has 0 fully saturated rings. The van der Waals surface area contributed by atoms with Crippen molar-refractivity contribution in [3.8, 4) is 11.5 Å². The second kappa shape index (κ2) is 4.48. The molecule has 2 aromatic carbocycles. The van der Waals surface area contributed by atoms with Crippen LogP contribution < -0.4 is 0 Å². The van der Waals surface area contributed by atoms with Crippen molar-refractivity contribution in [1.29, 1.82) is 0 Å². The topological polar surface area (TPSA) is 40.5 Å². The quantitative estimate of drug-likeness (QED) is 0.543. The minimum absolute atomic E-state index is 0.136. The monoisotopic (exact) mass is 472 g/mol. The predicted octanol–water partition coefficient (Wildman–Crippen LogP) is 5.30. The molecule has 0 aliphatic heterocycles. The maximum Gasteiger partial charge on any atom is 0.144 e. The fourth-order valence-corrected chi connectivity index (χ4v) is 3.84. The number of hydrogen-bond acceptors (Lipinski definition) is 2. The summed E-state index contributed by atoms with van der Waals surface area (Å²) in [7, 11) is 0. The Morgan fingerprint density at radius 1 is 0.688 bits per heavy atom. The lowest BCUT2D eigenvalue weighted by Crippen LogP contribution is -1.82. The van der Waals surface area contributed by atoms with Crippen LogP contribution in [0.4, 0.5) is 0 Å². The molecule has 16 heavy (non-hydrogen) atoms. The number of fused-ring (bicyclic) bond motifs is 1. The van der Waals surface area contributed by atoms with Crippen molar-refractivity contribution in [2.45, 2.75) is 0 Å². The summed E-state index contributed by atoms with van der Waals surface area (Å²) >= 11 is 13.1. The predicted molar refractivity (Wildman–Crippen MR) is 78.1 cm³/mol. The van der Waals surface area contributed by atoms with E-state index in [1.807, 2.05) is 0 Å². The molecule has 0 bridgehead atoms. The van der Waals surface area contributed by atoms with Gasteiger partial charge in [0.25, 0.3) is 0 Å². The lowest BCUT2D eigenvalue weighted by Gasteiger charge is -2.10. The molecule has 0 amide bonds. The SMILES string of the molecule is Oc1c(Br)cc2c(Br)c(O)c(Br)cc2c1Br. The van der Waals surface area contributed by atoms with E-state index < -0.39 is 0 Å². The molecule has 0 aliphatic carbocycles. The van der Waals surface area contributed by atoms with Crippen LogP contribution in [-0.2, 0) is 0 Å². The number of aromatic hydroxyl groups is 2. The normalized spacial score (nSPS) is 11.0. The maximum absolute atomic E-state index is 9.77. The summed E-state index contributed by atoms with van der Waals surface area (Å²) in [4.78, 5) is 0. The van der Waals surface area contributed by atoms with Gasteiger partial charge in [0.2, 0.25) is 0 Å². The van der Waals surface area contributed by atoms with E-state index in [2.05, 4.69) is 63.7 Å². The Balaban J connectivity index is 3.02. The maximum atomic E-state index is 9.77. The molecule has 0 heterocycles. The molecule has 0 radical (unpaired) electrons. The minimum atomic E-state index is 0.136.